The molecule has 2 unspecified atom stereocenters. The Hall–Kier alpha value is -1.94. The average molecular weight is 1200 g/mol. The molecule has 19 heteroatoms. The first-order valence-corrected chi connectivity index (χ1v) is 35.8. The van der Waals surface area contributed by atoms with Gasteiger partial charge in [-0.15, -0.1) is 0 Å². The minimum absolute atomic E-state index is 0.107. The van der Waals surface area contributed by atoms with Gasteiger partial charge in [0.25, 0.3) is 0 Å². The standard InChI is InChI=1S/C62H120O17P2/c1-5-9-13-17-20-22-24-26-28-30-32-34-37-40-44-48-61(66)78-57(52-72-59(64)46-42-16-12-8-4)54-76-80(68,69)74-50-56(63)51-75-81(70,71)77-55-58(53-73-60(65)47-43-39-36-19-15-11-7-3)79-62(67)49-45-41-38-35-33-31-29-27-25-23-21-18-14-10-6-2/h56-58,63H,5-55H2,1-4H3,(H,68,69)(H,70,71)/t56-,57-,58-/m1/s1. The second-order valence-electron chi connectivity index (χ2n) is 22.4. The molecule has 0 aliphatic heterocycles. The third kappa shape index (κ3) is 56.9. The van der Waals surface area contributed by atoms with Gasteiger partial charge in [-0.25, -0.2) is 9.13 Å². The van der Waals surface area contributed by atoms with Crippen molar-refractivity contribution in [3.8, 4) is 0 Å². The summed E-state index contributed by atoms with van der Waals surface area (Å²) in [6.45, 7) is 4.73. The highest BCUT2D eigenvalue weighted by molar-refractivity contribution is 7.47. The Bertz CT molecular complexity index is 1570. The lowest BCUT2D eigenvalue weighted by atomic mass is 10.0. The molecule has 0 fully saturated rings. The molecule has 5 atom stereocenters. The molecule has 0 saturated heterocycles. The first-order chi connectivity index (χ1) is 39.2. The highest BCUT2D eigenvalue weighted by Crippen LogP contribution is 2.45. The normalized spacial score (nSPS) is 14.2. The van der Waals surface area contributed by atoms with Gasteiger partial charge in [0.2, 0.25) is 0 Å². The first-order valence-electron chi connectivity index (χ1n) is 32.8. The van der Waals surface area contributed by atoms with Crippen molar-refractivity contribution in [2.75, 3.05) is 39.6 Å². The van der Waals surface area contributed by atoms with Gasteiger partial charge >= 0.3 is 39.5 Å². The summed E-state index contributed by atoms with van der Waals surface area (Å²) in [6.07, 6.45) is 42.3. The van der Waals surface area contributed by atoms with Crippen molar-refractivity contribution in [2.45, 2.75) is 335 Å². The summed E-state index contributed by atoms with van der Waals surface area (Å²) in [5.74, 6) is -2.15. The fourth-order valence-corrected chi connectivity index (χ4v) is 10.9. The third-order valence-electron chi connectivity index (χ3n) is 14.4. The number of ether oxygens (including phenoxy) is 4. The van der Waals surface area contributed by atoms with E-state index >= 15 is 0 Å². The summed E-state index contributed by atoms with van der Waals surface area (Å²) >= 11 is 0. The van der Waals surface area contributed by atoms with Gasteiger partial charge in [0.1, 0.15) is 19.3 Å². The van der Waals surface area contributed by atoms with E-state index in [4.69, 9.17) is 37.0 Å². The molecule has 0 saturated carbocycles. The maximum absolute atomic E-state index is 12.9. The zero-order valence-corrected chi connectivity index (χ0v) is 53.5. The van der Waals surface area contributed by atoms with E-state index in [1.165, 1.54) is 135 Å². The van der Waals surface area contributed by atoms with E-state index in [1.54, 1.807) is 0 Å². The number of aliphatic hydroxyl groups is 1. The predicted octanol–water partition coefficient (Wildman–Crippen LogP) is 17.2. The molecule has 0 spiro atoms. The number of phosphoric ester groups is 2. The van der Waals surface area contributed by atoms with Gasteiger partial charge in [-0.05, 0) is 25.7 Å². The van der Waals surface area contributed by atoms with Crippen LogP contribution in [0, 0.1) is 0 Å². The number of unbranched alkanes of at least 4 members (excludes halogenated alkanes) is 37. The van der Waals surface area contributed by atoms with Crippen LogP contribution in [0.2, 0.25) is 0 Å². The fraction of sp³-hybridized carbons (Fsp3) is 0.935. The second kappa shape index (κ2) is 57.2. The molecule has 0 aliphatic carbocycles. The number of phosphoric acid groups is 2. The third-order valence-corrected chi connectivity index (χ3v) is 16.3. The number of aliphatic hydroxyl groups excluding tert-OH is 1. The average Bonchev–Trinajstić information content (AvgIpc) is 3.44. The van der Waals surface area contributed by atoms with Gasteiger partial charge in [-0.2, -0.15) is 0 Å². The van der Waals surface area contributed by atoms with Crippen molar-refractivity contribution in [1.82, 2.24) is 0 Å². The molecule has 17 nitrogen and oxygen atoms in total. The largest absolute Gasteiger partial charge is 0.472 e. The molecule has 0 aromatic heterocycles. The van der Waals surface area contributed by atoms with Crippen molar-refractivity contribution < 1.29 is 80.2 Å². The van der Waals surface area contributed by atoms with Crippen LogP contribution in [0.5, 0.6) is 0 Å². The molecule has 0 radical (unpaired) electrons. The van der Waals surface area contributed by atoms with Crippen LogP contribution >= 0.6 is 15.6 Å². The fourth-order valence-electron chi connectivity index (χ4n) is 9.28. The molecule has 0 aromatic carbocycles. The van der Waals surface area contributed by atoms with E-state index in [-0.39, 0.29) is 25.7 Å². The Morgan fingerprint density at radius 1 is 0.296 bits per heavy atom. The molecule has 0 amide bonds. The van der Waals surface area contributed by atoms with Crippen LogP contribution in [0.15, 0.2) is 0 Å². The predicted molar refractivity (Wildman–Crippen MR) is 322 cm³/mol. The second-order valence-corrected chi connectivity index (χ2v) is 25.4. The number of esters is 4. The van der Waals surface area contributed by atoms with Crippen molar-refractivity contribution in [2.24, 2.45) is 0 Å². The lowest BCUT2D eigenvalue weighted by Gasteiger charge is -2.21. The summed E-state index contributed by atoms with van der Waals surface area (Å²) in [5.41, 5.74) is 0. The molecule has 0 aliphatic rings. The highest BCUT2D eigenvalue weighted by atomic mass is 31.2. The monoisotopic (exact) mass is 1200 g/mol. The zero-order valence-electron chi connectivity index (χ0n) is 51.7. The summed E-state index contributed by atoms with van der Waals surface area (Å²) in [4.78, 5) is 71.7. The maximum Gasteiger partial charge on any atom is 0.472 e. The number of hydrogen-bond acceptors (Lipinski definition) is 15. The van der Waals surface area contributed by atoms with Crippen LogP contribution < -0.4 is 0 Å². The summed E-state index contributed by atoms with van der Waals surface area (Å²) < 4.78 is 67.6. The van der Waals surface area contributed by atoms with Crippen LogP contribution in [-0.2, 0) is 65.4 Å². The van der Waals surface area contributed by atoms with Gasteiger partial charge in [0, 0.05) is 25.7 Å². The highest BCUT2D eigenvalue weighted by Gasteiger charge is 2.30. The molecule has 0 rings (SSSR count). The van der Waals surface area contributed by atoms with E-state index in [0.717, 1.165) is 103 Å². The van der Waals surface area contributed by atoms with Crippen molar-refractivity contribution in [3.05, 3.63) is 0 Å². The minimum Gasteiger partial charge on any atom is -0.462 e. The lowest BCUT2D eigenvalue weighted by Crippen LogP contribution is -2.30. The van der Waals surface area contributed by atoms with E-state index in [9.17, 15) is 43.2 Å². The van der Waals surface area contributed by atoms with Crippen molar-refractivity contribution >= 4 is 39.5 Å². The smallest absolute Gasteiger partial charge is 0.462 e. The SMILES string of the molecule is CCCCCCCCCCCCCCCCCC(=O)O[C@H](COC(=O)CCCCCC)COP(=O)(O)OC[C@@H](O)COP(=O)(O)OC[C@@H](COC(=O)CCCCCCCCC)OC(=O)CCCCCCCCCCCCCCCCC. The number of rotatable bonds is 63. The summed E-state index contributed by atoms with van der Waals surface area (Å²) in [7, 11) is -9.87. The van der Waals surface area contributed by atoms with E-state index in [2.05, 4.69) is 27.7 Å². The van der Waals surface area contributed by atoms with E-state index < -0.39 is 97.5 Å². The summed E-state index contributed by atoms with van der Waals surface area (Å²) in [5, 5.41) is 10.5. The number of carbonyl (C=O) groups is 4. The molecule has 3 N–H and O–H groups in total. The molecular weight excluding hydrogens is 1080 g/mol. The van der Waals surface area contributed by atoms with Gasteiger partial charge in [0.05, 0.1) is 26.4 Å². The van der Waals surface area contributed by atoms with Gasteiger partial charge in [-0.3, -0.25) is 37.3 Å². The number of hydrogen-bond donors (Lipinski definition) is 3. The van der Waals surface area contributed by atoms with Crippen LogP contribution in [0.4, 0.5) is 0 Å². The number of carbonyl (C=O) groups excluding carboxylic acids is 4. The molecule has 81 heavy (non-hydrogen) atoms. The first kappa shape index (κ1) is 79.1. The molecule has 480 valence electrons. The Morgan fingerprint density at radius 2 is 0.494 bits per heavy atom. The molecular formula is C62H120O17P2. The maximum atomic E-state index is 12.9. The Balaban J connectivity index is 5.05. The van der Waals surface area contributed by atoms with E-state index in [0.29, 0.717) is 25.7 Å². The Morgan fingerprint density at radius 3 is 0.741 bits per heavy atom. The molecule has 0 bridgehead atoms. The lowest BCUT2D eigenvalue weighted by molar-refractivity contribution is -0.161. The molecule has 0 aromatic rings. The Kier molecular flexibility index (Phi) is 55.8. The summed E-state index contributed by atoms with van der Waals surface area (Å²) in [6, 6.07) is 0. The van der Waals surface area contributed by atoms with Crippen LogP contribution in [0.3, 0.4) is 0 Å². The molecule has 0 heterocycles. The minimum atomic E-state index is -4.93. The Labute approximate surface area is 492 Å². The van der Waals surface area contributed by atoms with Gasteiger partial charge in [-0.1, -0.05) is 265 Å². The van der Waals surface area contributed by atoms with E-state index in [1.807, 2.05) is 0 Å². The van der Waals surface area contributed by atoms with Gasteiger partial charge < -0.3 is 33.8 Å². The van der Waals surface area contributed by atoms with Gasteiger partial charge in [0.15, 0.2) is 12.2 Å². The zero-order chi connectivity index (χ0) is 59.8. The van der Waals surface area contributed by atoms with Crippen LogP contribution in [0.1, 0.15) is 317 Å². The van der Waals surface area contributed by atoms with Crippen LogP contribution in [-0.4, -0.2) is 96.7 Å². The topological polar surface area (TPSA) is 237 Å². The van der Waals surface area contributed by atoms with Crippen molar-refractivity contribution in [3.63, 3.8) is 0 Å². The van der Waals surface area contributed by atoms with Crippen LogP contribution in [0.25, 0.3) is 0 Å². The van der Waals surface area contributed by atoms with Crippen molar-refractivity contribution in [1.29, 1.82) is 0 Å². The quantitative estimate of drug-likeness (QED) is 0.0222.